The summed E-state index contributed by atoms with van der Waals surface area (Å²) in [6.45, 7) is 0.245. The van der Waals surface area contributed by atoms with E-state index in [2.05, 4.69) is 10.0 Å². The zero-order chi connectivity index (χ0) is 13.3. The van der Waals surface area contributed by atoms with Crippen LogP contribution in [0.4, 0.5) is 0 Å². The summed E-state index contributed by atoms with van der Waals surface area (Å²) < 4.78 is 26.1. The molecule has 0 saturated carbocycles. The number of thiophene rings is 1. The number of amides is 1. The second kappa shape index (κ2) is 4.67. The van der Waals surface area contributed by atoms with Crippen LogP contribution >= 0.6 is 11.3 Å². The number of carboxylic acids is 1. The molecule has 1 unspecified atom stereocenters. The Hall–Kier alpha value is -1.45. The van der Waals surface area contributed by atoms with E-state index in [0.29, 0.717) is 0 Å². The maximum atomic E-state index is 11.9. The fourth-order valence-electron chi connectivity index (χ4n) is 1.54. The summed E-state index contributed by atoms with van der Waals surface area (Å²) in [6.07, 6.45) is 0.0936. The molecular weight excluding hydrogens is 280 g/mol. The van der Waals surface area contributed by atoms with E-state index in [1.807, 2.05) is 0 Å². The molecule has 1 aromatic heterocycles. The topological polar surface area (TPSA) is 113 Å². The molecule has 1 amide bonds. The van der Waals surface area contributed by atoms with E-state index >= 15 is 0 Å². The summed E-state index contributed by atoms with van der Waals surface area (Å²) in [5.74, 6) is -1.38. The van der Waals surface area contributed by atoms with Gasteiger partial charge < -0.3 is 10.4 Å². The lowest BCUT2D eigenvalue weighted by Gasteiger charge is -2.09. The summed E-state index contributed by atoms with van der Waals surface area (Å²) in [5, 5.41) is 12.5. The van der Waals surface area contributed by atoms with Gasteiger partial charge >= 0.3 is 5.97 Å². The molecule has 1 aliphatic heterocycles. The smallest absolute Gasteiger partial charge is 0.336 e. The molecule has 18 heavy (non-hydrogen) atoms. The van der Waals surface area contributed by atoms with Crippen molar-refractivity contribution in [2.75, 3.05) is 6.54 Å². The summed E-state index contributed by atoms with van der Waals surface area (Å²) in [4.78, 5) is 21.6. The third kappa shape index (κ3) is 2.68. The maximum absolute atomic E-state index is 11.9. The van der Waals surface area contributed by atoms with Gasteiger partial charge in [0, 0.05) is 24.4 Å². The van der Waals surface area contributed by atoms with Crippen molar-refractivity contribution in [1.82, 2.24) is 10.0 Å². The van der Waals surface area contributed by atoms with Gasteiger partial charge in [0.05, 0.1) is 5.56 Å². The third-order valence-corrected chi connectivity index (χ3v) is 5.35. The second-order valence-corrected chi connectivity index (χ2v) is 6.64. The minimum Gasteiger partial charge on any atom is -0.478 e. The average molecular weight is 290 g/mol. The van der Waals surface area contributed by atoms with Gasteiger partial charge in [-0.05, 0) is 6.07 Å². The normalized spacial score (nSPS) is 19.8. The van der Waals surface area contributed by atoms with Gasteiger partial charge in [-0.1, -0.05) is 0 Å². The highest BCUT2D eigenvalue weighted by Crippen LogP contribution is 2.21. The first-order valence-electron chi connectivity index (χ1n) is 4.99. The van der Waals surface area contributed by atoms with Crippen LogP contribution in [0.3, 0.4) is 0 Å². The van der Waals surface area contributed by atoms with Crippen molar-refractivity contribution in [2.45, 2.75) is 16.7 Å². The Morgan fingerprint density at radius 3 is 2.78 bits per heavy atom. The molecule has 7 nitrogen and oxygen atoms in total. The lowest BCUT2D eigenvalue weighted by molar-refractivity contribution is -0.119. The number of sulfonamides is 1. The van der Waals surface area contributed by atoms with Gasteiger partial charge in [-0.3, -0.25) is 4.79 Å². The Morgan fingerprint density at radius 1 is 1.56 bits per heavy atom. The molecule has 1 fully saturated rings. The van der Waals surface area contributed by atoms with Crippen molar-refractivity contribution in [2.24, 2.45) is 0 Å². The predicted molar refractivity (Wildman–Crippen MR) is 63.0 cm³/mol. The number of carbonyl (C=O) groups excluding carboxylic acids is 1. The number of carbonyl (C=O) groups is 2. The van der Waals surface area contributed by atoms with E-state index in [1.54, 1.807) is 0 Å². The first-order chi connectivity index (χ1) is 8.38. The van der Waals surface area contributed by atoms with Crippen LogP contribution in [0, 0.1) is 0 Å². The van der Waals surface area contributed by atoms with Crippen molar-refractivity contribution in [3.8, 4) is 0 Å². The maximum Gasteiger partial charge on any atom is 0.336 e. The average Bonchev–Trinajstić information content (AvgIpc) is 2.86. The van der Waals surface area contributed by atoms with Gasteiger partial charge in [0.1, 0.15) is 4.21 Å². The number of nitrogens with one attached hydrogen (secondary N) is 2. The molecule has 2 heterocycles. The van der Waals surface area contributed by atoms with Gasteiger partial charge in [-0.15, -0.1) is 11.3 Å². The molecule has 0 spiro atoms. The first kappa shape index (κ1) is 13.0. The van der Waals surface area contributed by atoms with Gasteiger partial charge in [-0.2, -0.15) is 0 Å². The molecule has 0 bridgehead atoms. The Kier molecular flexibility index (Phi) is 3.37. The van der Waals surface area contributed by atoms with E-state index < -0.39 is 22.0 Å². The van der Waals surface area contributed by atoms with Gasteiger partial charge in [-0.25, -0.2) is 17.9 Å². The Bertz CT molecular complexity index is 592. The molecule has 9 heteroatoms. The molecular formula is C9H10N2O5S2. The monoisotopic (exact) mass is 290 g/mol. The van der Waals surface area contributed by atoms with E-state index in [0.717, 1.165) is 17.4 Å². The third-order valence-electron chi connectivity index (χ3n) is 2.39. The van der Waals surface area contributed by atoms with E-state index in [1.165, 1.54) is 5.38 Å². The van der Waals surface area contributed by atoms with Crippen LogP contribution in [0.15, 0.2) is 15.7 Å². The SMILES string of the molecule is O=C1CC(NS(=O)(=O)c2cc(C(=O)O)cs2)CN1. The van der Waals surface area contributed by atoms with Crippen LogP contribution in [-0.4, -0.2) is 38.0 Å². The van der Waals surface area contributed by atoms with Crippen LogP contribution in [-0.2, 0) is 14.8 Å². The fraction of sp³-hybridized carbons (Fsp3) is 0.333. The van der Waals surface area contributed by atoms with Crippen molar-refractivity contribution >= 4 is 33.2 Å². The van der Waals surface area contributed by atoms with Crippen LogP contribution in [0.25, 0.3) is 0 Å². The second-order valence-electron chi connectivity index (χ2n) is 3.79. The summed E-state index contributed by atoms with van der Waals surface area (Å²) in [7, 11) is -3.77. The van der Waals surface area contributed by atoms with Gasteiger partial charge in [0.15, 0.2) is 0 Å². The van der Waals surface area contributed by atoms with E-state index in [4.69, 9.17) is 5.11 Å². The van der Waals surface area contributed by atoms with E-state index in [9.17, 15) is 18.0 Å². The highest BCUT2D eigenvalue weighted by atomic mass is 32.2. The Balaban J connectivity index is 2.15. The van der Waals surface area contributed by atoms with E-state index in [-0.39, 0.29) is 28.6 Å². The minimum absolute atomic E-state index is 0.0685. The molecule has 98 valence electrons. The quantitative estimate of drug-likeness (QED) is 0.699. The molecule has 1 atom stereocenters. The Morgan fingerprint density at radius 2 is 2.28 bits per heavy atom. The fourth-order valence-corrected chi connectivity index (χ4v) is 3.94. The van der Waals surface area contributed by atoms with Crippen molar-refractivity contribution < 1.29 is 23.1 Å². The molecule has 1 aromatic rings. The number of aromatic carboxylic acids is 1. The summed E-state index contributed by atoms with van der Waals surface area (Å²) in [5.41, 5.74) is -0.0685. The number of rotatable bonds is 4. The van der Waals surface area contributed by atoms with Crippen molar-refractivity contribution in [1.29, 1.82) is 0 Å². The van der Waals surface area contributed by atoms with Crippen LogP contribution in [0.2, 0.25) is 0 Å². The molecule has 2 rings (SSSR count). The zero-order valence-corrected chi connectivity index (χ0v) is 10.7. The van der Waals surface area contributed by atoms with Gasteiger partial charge in [0.2, 0.25) is 15.9 Å². The lowest BCUT2D eigenvalue weighted by Crippen LogP contribution is -2.35. The first-order valence-corrected chi connectivity index (χ1v) is 7.35. The lowest BCUT2D eigenvalue weighted by atomic mass is 10.3. The molecule has 3 N–H and O–H groups in total. The number of hydrogen-bond acceptors (Lipinski definition) is 5. The summed E-state index contributed by atoms with van der Waals surface area (Å²) >= 11 is 0.832. The van der Waals surface area contributed by atoms with Crippen molar-refractivity contribution in [3.63, 3.8) is 0 Å². The Labute approximate surface area is 107 Å². The molecule has 0 aromatic carbocycles. The standard InChI is InChI=1S/C9H10N2O5S2/c12-7-2-6(3-10-7)11-18(15,16)8-1-5(4-17-8)9(13)14/h1,4,6,11H,2-3H2,(H,10,12)(H,13,14). The van der Waals surface area contributed by atoms with Gasteiger partial charge in [0.25, 0.3) is 0 Å². The number of carboxylic acid groups (broad SMARTS) is 1. The summed E-state index contributed by atoms with van der Waals surface area (Å²) in [6, 6.07) is 0.609. The van der Waals surface area contributed by atoms with Crippen LogP contribution < -0.4 is 10.0 Å². The van der Waals surface area contributed by atoms with Crippen LogP contribution in [0.5, 0.6) is 0 Å². The minimum atomic E-state index is -3.77. The zero-order valence-electron chi connectivity index (χ0n) is 9.04. The highest BCUT2D eigenvalue weighted by Gasteiger charge is 2.28. The van der Waals surface area contributed by atoms with Crippen molar-refractivity contribution in [3.05, 3.63) is 17.0 Å². The molecule has 0 aliphatic carbocycles. The highest BCUT2D eigenvalue weighted by molar-refractivity contribution is 7.91. The van der Waals surface area contributed by atoms with Crippen LogP contribution in [0.1, 0.15) is 16.8 Å². The number of hydrogen-bond donors (Lipinski definition) is 3. The molecule has 1 aliphatic rings. The predicted octanol–water partition coefficient (Wildman–Crippen LogP) is -0.387. The molecule has 1 saturated heterocycles. The largest absolute Gasteiger partial charge is 0.478 e. The molecule has 0 radical (unpaired) electrons.